The summed E-state index contributed by atoms with van der Waals surface area (Å²) >= 11 is 7.86. The van der Waals surface area contributed by atoms with Crippen molar-refractivity contribution in [2.75, 3.05) is 7.05 Å². The molecule has 1 aliphatic carbocycles. The normalized spacial score (nSPS) is 18.6. The molecule has 1 unspecified atom stereocenters. The number of ether oxygens (including phenoxy) is 1. The van der Waals surface area contributed by atoms with Crippen LogP contribution >= 0.6 is 22.9 Å². The molecule has 1 aromatic rings. The second-order valence-corrected chi connectivity index (χ2v) is 8.10. The smallest absolute Gasteiger partial charge is 0.410 e. The van der Waals surface area contributed by atoms with Crippen LogP contribution < -0.4 is 0 Å². The molecule has 0 bridgehead atoms. The van der Waals surface area contributed by atoms with Gasteiger partial charge in [0.2, 0.25) is 0 Å². The SMILES string of the molecule is Cc1c(Cl)sc2c1CCC(N(C)C(=O)OC(C)(C)C)C2. The number of hydrogen-bond donors (Lipinski definition) is 0. The van der Waals surface area contributed by atoms with Crippen molar-refractivity contribution in [1.29, 1.82) is 0 Å². The lowest BCUT2D eigenvalue weighted by Gasteiger charge is -2.33. The molecule has 0 saturated heterocycles. The quantitative estimate of drug-likeness (QED) is 0.767. The Labute approximate surface area is 129 Å². The summed E-state index contributed by atoms with van der Waals surface area (Å²) in [5.41, 5.74) is 2.15. The van der Waals surface area contributed by atoms with Gasteiger partial charge in [0.05, 0.1) is 4.34 Å². The fraction of sp³-hybridized carbons (Fsp3) is 0.667. The zero-order chi connectivity index (χ0) is 15.1. The molecule has 5 heteroatoms. The molecule has 3 nitrogen and oxygen atoms in total. The van der Waals surface area contributed by atoms with Gasteiger partial charge in [-0.05, 0) is 51.7 Å². The van der Waals surface area contributed by atoms with Crippen LogP contribution in [-0.2, 0) is 17.6 Å². The number of amides is 1. The molecular formula is C15H22ClNO2S. The number of nitrogens with zero attached hydrogens (tertiary/aromatic N) is 1. The molecule has 0 saturated carbocycles. The molecule has 2 rings (SSSR count). The monoisotopic (exact) mass is 315 g/mol. The lowest BCUT2D eigenvalue weighted by atomic mass is 9.92. The molecule has 1 amide bonds. The summed E-state index contributed by atoms with van der Waals surface area (Å²) in [5, 5.41) is 0. The molecule has 1 aliphatic rings. The van der Waals surface area contributed by atoms with E-state index in [1.165, 1.54) is 16.0 Å². The van der Waals surface area contributed by atoms with Gasteiger partial charge in [0.1, 0.15) is 5.60 Å². The van der Waals surface area contributed by atoms with Crippen LogP contribution in [0.1, 0.15) is 43.2 Å². The molecule has 20 heavy (non-hydrogen) atoms. The van der Waals surface area contributed by atoms with Gasteiger partial charge in [-0.2, -0.15) is 0 Å². The van der Waals surface area contributed by atoms with E-state index in [-0.39, 0.29) is 12.1 Å². The Balaban J connectivity index is 2.07. The fourth-order valence-electron chi connectivity index (χ4n) is 2.51. The molecule has 0 spiro atoms. The van der Waals surface area contributed by atoms with Crippen molar-refractivity contribution in [3.63, 3.8) is 0 Å². The van der Waals surface area contributed by atoms with Crippen molar-refractivity contribution < 1.29 is 9.53 Å². The Morgan fingerprint density at radius 1 is 1.45 bits per heavy atom. The van der Waals surface area contributed by atoms with Crippen molar-refractivity contribution in [3.05, 3.63) is 20.3 Å². The van der Waals surface area contributed by atoms with Gasteiger partial charge in [-0.25, -0.2) is 4.79 Å². The maximum atomic E-state index is 12.1. The maximum Gasteiger partial charge on any atom is 0.410 e. The van der Waals surface area contributed by atoms with Crippen molar-refractivity contribution in [3.8, 4) is 0 Å². The second kappa shape index (κ2) is 5.57. The van der Waals surface area contributed by atoms with E-state index < -0.39 is 5.60 Å². The van der Waals surface area contributed by atoms with Crippen LogP contribution in [0.25, 0.3) is 0 Å². The highest BCUT2D eigenvalue weighted by Crippen LogP contribution is 2.37. The molecule has 112 valence electrons. The van der Waals surface area contributed by atoms with Crippen molar-refractivity contribution >= 4 is 29.0 Å². The lowest BCUT2D eigenvalue weighted by Crippen LogP contribution is -2.43. The summed E-state index contributed by atoms with van der Waals surface area (Å²) in [5.74, 6) is 0. The Bertz CT molecular complexity index is 519. The summed E-state index contributed by atoms with van der Waals surface area (Å²) in [7, 11) is 1.83. The number of likely N-dealkylation sites (N-methyl/N-ethyl adjacent to an activating group) is 1. The van der Waals surface area contributed by atoms with Crippen LogP contribution in [0, 0.1) is 6.92 Å². The first kappa shape index (κ1) is 15.6. The molecule has 0 aliphatic heterocycles. The lowest BCUT2D eigenvalue weighted by molar-refractivity contribution is 0.0211. The van der Waals surface area contributed by atoms with E-state index in [4.69, 9.17) is 16.3 Å². The van der Waals surface area contributed by atoms with Crippen LogP contribution in [0.15, 0.2) is 0 Å². The highest BCUT2D eigenvalue weighted by Gasteiger charge is 2.30. The van der Waals surface area contributed by atoms with Gasteiger partial charge in [0, 0.05) is 24.4 Å². The third-order valence-corrected chi connectivity index (χ3v) is 5.33. The van der Waals surface area contributed by atoms with Crippen LogP contribution in [-0.4, -0.2) is 29.7 Å². The molecular weight excluding hydrogens is 294 g/mol. The topological polar surface area (TPSA) is 29.5 Å². The van der Waals surface area contributed by atoms with Gasteiger partial charge in [-0.3, -0.25) is 0 Å². The first-order chi connectivity index (χ1) is 9.19. The number of fused-ring (bicyclic) bond motifs is 1. The van der Waals surface area contributed by atoms with E-state index in [0.29, 0.717) is 0 Å². The standard InChI is InChI=1S/C15H22ClNO2S/c1-9-11-7-6-10(8-12(11)20-13(9)16)17(5)14(18)19-15(2,3)4/h10H,6-8H2,1-5H3. The minimum atomic E-state index is -0.450. The van der Waals surface area contributed by atoms with Gasteiger partial charge in [0.15, 0.2) is 0 Å². The van der Waals surface area contributed by atoms with Gasteiger partial charge >= 0.3 is 6.09 Å². The van der Waals surface area contributed by atoms with Gasteiger partial charge in [-0.15, -0.1) is 11.3 Å². The van der Waals surface area contributed by atoms with Crippen LogP contribution in [0.2, 0.25) is 4.34 Å². The Hall–Kier alpha value is -0.740. The van der Waals surface area contributed by atoms with E-state index in [1.807, 2.05) is 27.8 Å². The first-order valence-electron chi connectivity index (χ1n) is 6.91. The highest BCUT2D eigenvalue weighted by molar-refractivity contribution is 7.16. The number of carbonyl (C=O) groups excluding carboxylic acids is 1. The first-order valence-corrected chi connectivity index (χ1v) is 8.11. The second-order valence-electron chi connectivity index (χ2n) is 6.39. The number of halogens is 1. The number of hydrogen-bond acceptors (Lipinski definition) is 3. The summed E-state index contributed by atoms with van der Waals surface area (Å²) in [6.07, 6.45) is 2.59. The van der Waals surface area contributed by atoms with Gasteiger partial charge < -0.3 is 9.64 Å². The molecule has 0 N–H and O–H groups in total. The van der Waals surface area contributed by atoms with E-state index in [1.54, 1.807) is 16.2 Å². The van der Waals surface area contributed by atoms with E-state index in [2.05, 4.69) is 6.92 Å². The van der Waals surface area contributed by atoms with E-state index >= 15 is 0 Å². The summed E-state index contributed by atoms with van der Waals surface area (Å²) in [4.78, 5) is 15.2. The Morgan fingerprint density at radius 2 is 2.10 bits per heavy atom. The van der Waals surface area contributed by atoms with Crippen molar-refractivity contribution in [2.24, 2.45) is 0 Å². The Kier molecular flexibility index (Phi) is 4.35. The number of rotatable bonds is 1. The third-order valence-electron chi connectivity index (χ3n) is 3.67. The predicted molar refractivity (Wildman–Crippen MR) is 83.9 cm³/mol. The predicted octanol–water partition coefficient (Wildman–Crippen LogP) is 4.43. The summed E-state index contributed by atoms with van der Waals surface area (Å²) < 4.78 is 6.32. The minimum Gasteiger partial charge on any atom is -0.444 e. The third kappa shape index (κ3) is 3.29. The van der Waals surface area contributed by atoms with Crippen LogP contribution in [0.3, 0.4) is 0 Å². The maximum absolute atomic E-state index is 12.1. The summed E-state index contributed by atoms with van der Waals surface area (Å²) in [6, 6.07) is 0.200. The van der Waals surface area contributed by atoms with Crippen LogP contribution in [0.4, 0.5) is 4.79 Å². The molecule has 0 radical (unpaired) electrons. The average molecular weight is 316 g/mol. The van der Waals surface area contributed by atoms with E-state index in [0.717, 1.165) is 23.6 Å². The molecule has 0 aromatic carbocycles. The zero-order valence-electron chi connectivity index (χ0n) is 12.7. The number of carbonyl (C=O) groups is 1. The van der Waals surface area contributed by atoms with E-state index in [9.17, 15) is 4.79 Å². The highest BCUT2D eigenvalue weighted by atomic mass is 35.5. The minimum absolute atomic E-state index is 0.200. The zero-order valence-corrected chi connectivity index (χ0v) is 14.3. The van der Waals surface area contributed by atoms with Crippen molar-refractivity contribution in [1.82, 2.24) is 4.90 Å². The fourth-order valence-corrected chi connectivity index (χ4v) is 4.05. The largest absolute Gasteiger partial charge is 0.444 e. The van der Waals surface area contributed by atoms with Gasteiger partial charge in [-0.1, -0.05) is 11.6 Å². The van der Waals surface area contributed by atoms with Crippen LogP contribution in [0.5, 0.6) is 0 Å². The Morgan fingerprint density at radius 3 is 2.70 bits per heavy atom. The summed E-state index contributed by atoms with van der Waals surface area (Å²) in [6.45, 7) is 7.75. The van der Waals surface area contributed by atoms with Crippen molar-refractivity contribution in [2.45, 2.75) is 58.6 Å². The molecule has 1 aromatic heterocycles. The molecule has 1 atom stereocenters. The molecule has 1 heterocycles. The van der Waals surface area contributed by atoms with Gasteiger partial charge in [0.25, 0.3) is 0 Å². The molecule has 0 fully saturated rings. The average Bonchev–Trinajstić information content (AvgIpc) is 2.61. The number of thiophene rings is 1.